The van der Waals surface area contributed by atoms with E-state index in [1.54, 1.807) is 19.5 Å². The third-order valence-electron chi connectivity index (χ3n) is 6.31. The zero-order valence-electron chi connectivity index (χ0n) is 20.9. The summed E-state index contributed by atoms with van der Waals surface area (Å²) in [5.74, 6) is 2.78. The Kier molecular flexibility index (Phi) is 7.93. The van der Waals surface area contributed by atoms with Gasteiger partial charge < -0.3 is 29.8 Å². The summed E-state index contributed by atoms with van der Waals surface area (Å²) in [4.78, 5) is 19.2. The molecule has 9 heteroatoms. The number of aromatic amines is 1. The van der Waals surface area contributed by atoms with Crippen LogP contribution in [0.4, 0.5) is 11.6 Å². The van der Waals surface area contributed by atoms with Crippen molar-refractivity contribution in [2.45, 2.75) is 25.4 Å². The van der Waals surface area contributed by atoms with Gasteiger partial charge in [-0.1, -0.05) is 18.2 Å². The van der Waals surface area contributed by atoms with Crippen LogP contribution in [0.5, 0.6) is 11.5 Å². The molecule has 9 nitrogen and oxygen atoms in total. The summed E-state index contributed by atoms with van der Waals surface area (Å²) in [5.41, 5.74) is 3.30. The van der Waals surface area contributed by atoms with E-state index >= 15 is 0 Å². The van der Waals surface area contributed by atoms with Gasteiger partial charge in [-0.3, -0.25) is 0 Å². The van der Waals surface area contributed by atoms with Crippen molar-refractivity contribution in [3.05, 3.63) is 67.0 Å². The average Bonchev–Trinajstić information content (AvgIpc) is 3.42. The molecule has 0 radical (unpaired) electrons. The molecule has 2 aromatic heterocycles. The van der Waals surface area contributed by atoms with E-state index in [1.807, 2.05) is 54.6 Å². The Hall–Kier alpha value is -3.95. The van der Waals surface area contributed by atoms with Gasteiger partial charge in [-0.15, -0.1) is 0 Å². The molecule has 0 amide bonds. The Morgan fingerprint density at radius 3 is 2.89 bits per heavy atom. The monoisotopic (exact) mass is 500 g/mol. The highest BCUT2D eigenvalue weighted by Crippen LogP contribution is 2.25. The molecule has 0 spiro atoms. The van der Waals surface area contributed by atoms with Gasteiger partial charge in [-0.05, 0) is 56.1 Å². The van der Waals surface area contributed by atoms with Crippen LogP contribution in [-0.4, -0.2) is 69.4 Å². The van der Waals surface area contributed by atoms with Crippen LogP contribution in [0.25, 0.3) is 22.8 Å². The Morgan fingerprint density at radius 2 is 2.00 bits per heavy atom. The molecular weight excluding hydrogens is 468 g/mol. The van der Waals surface area contributed by atoms with Crippen molar-refractivity contribution in [1.82, 2.24) is 24.8 Å². The summed E-state index contributed by atoms with van der Waals surface area (Å²) in [6, 6.07) is 17.4. The van der Waals surface area contributed by atoms with E-state index in [0.717, 1.165) is 78.9 Å². The van der Waals surface area contributed by atoms with E-state index in [9.17, 15) is 5.11 Å². The topological polar surface area (TPSA) is 108 Å². The highest BCUT2D eigenvalue weighted by Gasteiger charge is 2.16. The summed E-state index contributed by atoms with van der Waals surface area (Å²) in [6.07, 6.45) is 6.17. The molecule has 192 valence electrons. The van der Waals surface area contributed by atoms with Gasteiger partial charge in [-0.2, -0.15) is 0 Å². The molecule has 1 atom stereocenters. The molecule has 1 fully saturated rings. The molecule has 37 heavy (non-hydrogen) atoms. The van der Waals surface area contributed by atoms with Crippen LogP contribution < -0.4 is 14.8 Å². The number of imidazole rings is 1. The van der Waals surface area contributed by atoms with Gasteiger partial charge in [0.2, 0.25) is 5.95 Å². The SMILES string of the molecule is COc1cccc(-c2ncc(-c3ccnc(Nc4cccc(OCCCN5CCCC(O)C5)c4)n3)[nH]2)c1. The fraction of sp³-hybridized carbons (Fsp3) is 0.321. The van der Waals surface area contributed by atoms with Crippen molar-refractivity contribution in [3.63, 3.8) is 0 Å². The number of nitrogens with zero attached hydrogens (tertiary/aromatic N) is 4. The van der Waals surface area contributed by atoms with Crippen LogP contribution in [0.3, 0.4) is 0 Å². The zero-order valence-corrected chi connectivity index (χ0v) is 20.9. The Bertz CT molecular complexity index is 1310. The highest BCUT2D eigenvalue weighted by molar-refractivity contribution is 5.64. The second kappa shape index (κ2) is 11.9. The molecule has 3 heterocycles. The van der Waals surface area contributed by atoms with Gasteiger partial charge in [-0.25, -0.2) is 15.0 Å². The summed E-state index contributed by atoms with van der Waals surface area (Å²) < 4.78 is 11.3. The number of piperidine rings is 1. The molecule has 1 aliphatic heterocycles. The molecule has 4 aromatic rings. The number of methoxy groups -OCH3 is 1. The van der Waals surface area contributed by atoms with E-state index in [4.69, 9.17) is 9.47 Å². The second-order valence-electron chi connectivity index (χ2n) is 9.09. The molecular formula is C28H32N6O3. The smallest absolute Gasteiger partial charge is 0.227 e. The van der Waals surface area contributed by atoms with Crippen molar-refractivity contribution in [3.8, 4) is 34.3 Å². The van der Waals surface area contributed by atoms with Crippen molar-refractivity contribution in [2.24, 2.45) is 0 Å². The number of ether oxygens (including phenoxy) is 2. The number of aliphatic hydroxyl groups excluding tert-OH is 1. The largest absolute Gasteiger partial charge is 0.497 e. The number of aliphatic hydroxyl groups is 1. The summed E-state index contributed by atoms with van der Waals surface area (Å²) in [6.45, 7) is 3.37. The lowest BCUT2D eigenvalue weighted by molar-refractivity contribution is 0.0679. The maximum absolute atomic E-state index is 9.81. The summed E-state index contributed by atoms with van der Waals surface area (Å²) in [5, 5.41) is 13.1. The van der Waals surface area contributed by atoms with Gasteiger partial charge >= 0.3 is 0 Å². The number of H-pyrrole nitrogens is 1. The molecule has 0 saturated carbocycles. The lowest BCUT2D eigenvalue weighted by Gasteiger charge is -2.29. The minimum absolute atomic E-state index is 0.193. The first-order valence-corrected chi connectivity index (χ1v) is 12.6. The lowest BCUT2D eigenvalue weighted by Crippen LogP contribution is -2.39. The Labute approximate surface area is 216 Å². The van der Waals surface area contributed by atoms with Crippen molar-refractivity contribution >= 4 is 11.6 Å². The standard InChI is InChI=1S/C28H32N6O3/c1-36-23-9-2-6-20(16-23)27-30-18-26(32-27)25-11-12-29-28(33-25)31-21-7-3-10-24(17-21)37-15-5-14-34-13-4-8-22(35)19-34/h2-3,6-7,9-12,16-18,22,35H,4-5,8,13-15,19H2,1H3,(H,30,32)(H,29,31,33). The van der Waals surface area contributed by atoms with Crippen LogP contribution in [0.15, 0.2) is 67.0 Å². The highest BCUT2D eigenvalue weighted by atomic mass is 16.5. The van der Waals surface area contributed by atoms with Gasteiger partial charge in [0.05, 0.1) is 37.4 Å². The van der Waals surface area contributed by atoms with Gasteiger partial charge in [0.1, 0.15) is 17.3 Å². The number of benzene rings is 2. The van der Waals surface area contributed by atoms with Gasteiger partial charge in [0, 0.05) is 36.6 Å². The molecule has 1 saturated heterocycles. The van der Waals surface area contributed by atoms with Gasteiger partial charge in [0.15, 0.2) is 0 Å². The molecule has 2 aromatic carbocycles. The molecule has 1 unspecified atom stereocenters. The van der Waals surface area contributed by atoms with Crippen LogP contribution in [-0.2, 0) is 0 Å². The summed E-state index contributed by atoms with van der Waals surface area (Å²) >= 11 is 0. The van der Waals surface area contributed by atoms with Crippen molar-refractivity contribution in [1.29, 1.82) is 0 Å². The van der Waals surface area contributed by atoms with Crippen LogP contribution in [0, 0.1) is 0 Å². The third-order valence-corrected chi connectivity index (χ3v) is 6.31. The van der Waals surface area contributed by atoms with Crippen molar-refractivity contribution < 1.29 is 14.6 Å². The number of anilines is 2. The Balaban J connectivity index is 1.19. The maximum atomic E-state index is 9.81. The van der Waals surface area contributed by atoms with E-state index in [1.165, 1.54) is 0 Å². The van der Waals surface area contributed by atoms with E-state index < -0.39 is 0 Å². The van der Waals surface area contributed by atoms with E-state index in [-0.39, 0.29) is 6.10 Å². The zero-order chi connectivity index (χ0) is 25.5. The molecule has 3 N–H and O–H groups in total. The number of β-amino-alcohol motifs (C(OH)–C–C–N with tert-alkyl or cyclic N) is 1. The number of nitrogens with one attached hydrogen (secondary N) is 2. The fourth-order valence-corrected chi connectivity index (χ4v) is 4.44. The number of hydrogen-bond acceptors (Lipinski definition) is 8. The predicted octanol–water partition coefficient (Wildman–Crippen LogP) is 4.51. The first kappa shape index (κ1) is 24.7. The van der Waals surface area contributed by atoms with E-state index in [0.29, 0.717) is 12.6 Å². The normalized spacial score (nSPS) is 15.9. The molecule has 5 rings (SSSR count). The summed E-state index contributed by atoms with van der Waals surface area (Å²) in [7, 11) is 1.65. The minimum Gasteiger partial charge on any atom is -0.497 e. The quantitative estimate of drug-likeness (QED) is 0.273. The minimum atomic E-state index is -0.193. The second-order valence-corrected chi connectivity index (χ2v) is 9.09. The fourth-order valence-electron chi connectivity index (χ4n) is 4.44. The van der Waals surface area contributed by atoms with Crippen molar-refractivity contribution in [2.75, 3.05) is 38.7 Å². The first-order chi connectivity index (χ1) is 18.2. The molecule has 0 bridgehead atoms. The van der Waals surface area contributed by atoms with E-state index in [2.05, 4.69) is 30.2 Å². The van der Waals surface area contributed by atoms with Crippen LogP contribution in [0.2, 0.25) is 0 Å². The maximum Gasteiger partial charge on any atom is 0.227 e. The van der Waals surface area contributed by atoms with Crippen LogP contribution >= 0.6 is 0 Å². The molecule has 0 aliphatic carbocycles. The number of hydrogen-bond donors (Lipinski definition) is 3. The predicted molar refractivity (Wildman–Crippen MR) is 143 cm³/mol. The van der Waals surface area contributed by atoms with Gasteiger partial charge in [0.25, 0.3) is 0 Å². The number of rotatable bonds is 10. The first-order valence-electron chi connectivity index (χ1n) is 12.6. The molecule has 1 aliphatic rings. The Morgan fingerprint density at radius 1 is 1.11 bits per heavy atom. The third kappa shape index (κ3) is 6.63. The number of likely N-dealkylation sites (tertiary alicyclic amines) is 1. The average molecular weight is 501 g/mol. The van der Waals surface area contributed by atoms with Crippen LogP contribution in [0.1, 0.15) is 19.3 Å². The number of aromatic nitrogens is 4. The lowest BCUT2D eigenvalue weighted by atomic mass is 10.1.